The van der Waals surface area contributed by atoms with Gasteiger partial charge in [-0.3, -0.25) is 34.3 Å². The summed E-state index contributed by atoms with van der Waals surface area (Å²) in [5.74, 6) is -5.31. The van der Waals surface area contributed by atoms with Crippen LogP contribution in [-0.2, 0) is 29.4 Å². The minimum atomic E-state index is -1.37. The molecule has 0 bridgehead atoms. The molecule has 3 N–H and O–H groups in total. The number of aliphatic carboxylic acids is 1. The maximum absolute atomic E-state index is 15.2. The number of aromatic hydroxyl groups is 1. The number of phenols is 1. The van der Waals surface area contributed by atoms with Crippen LogP contribution in [0, 0.1) is 37.5 Å². The van der Waals surface area contributed by atoms with Gasteiger partial charge < -0.3 is 10.2 Å². The van der Waals surface area contributed by atoms with Gasteiger partial charge in [0, 0.05) is 18.9 Å². The number of anilines is 1. The number of amides is 4. The van der Waals surface area contributed by atoms with Crippen molar-refractivity contribution in [3.05, 3.63) is 107 Å². The van der Waals surface area contributed by atoms with Crippen LogP contribution >= 0.6 is 0 Å². The molecule has 2 aliphatic heterocycles. The van der Waals surface area contributed by atoms with Crippen molar-refractivity contribution in [2.24, 2.45) is 23.7 Å². The van der Waals surface area contributed by atoms with Crippen molar-refractivity contribution in [2.75, 3.05) is 12.0 Å². The Morgan fingerprint density at radius 2 is 1.62 bits per heavy atom. The Hall–Kier alpha value is -5.25. The number of likely N-dealkylation sites (tertiary alicyclic amines) is 1. The zero-order chi connectivity index (χ0) is 35.3. The van der Waals surface area contributed by atoms with Gasteiger partial charge in [0.05, 0.1) is 28.9 Å². The Kier molecular flexibility index (Phi) is 8.58. The second kappa shape index (κ2) is 12.9. The zero-order valence-corrected chi connectivity index (χ0v) is 28.2. The Labute approximate surface area is 290 Å². The van der Waals surface area contributed by atoms with E-state index in [1.807, 2.05) is 73.7 Å². The molecule has 4 amide bonds. The average molecular weight is 676 g/mol. The van der Waals surface area contributed by atoms with Crippen LogP contribution in [0.15, 0.2) is 84.4 Å². The SMILES string of the molecule is Cc1ccc(NN2C(=O)C3CC4C(=CCC5C(=O)N(CCCCCC(=O)O)C(=O)C54)C(c4ccc(O)c(C)c4)C3(c3ccccc3)C2=O)cc1. The van der Waals surface area contributed by atoms with E-state index in [0.29, 0.717) is 42.5 Å². The standard InChI is InChI=1S/C40H41N3O7/c1-23-12-15-27(16-13-23)41-43-37(48)31-22-30-28(17-18-29-34(30)38(49)42(36(29)47)20-8-4-7-11-33(45)46)35(25-14-19-32(44)24(2)21-25)40(31,39(43)50)26-9-5-3-6-10-26/h3,5-6,9-10,12-17,19,21,29-31,34-35,41,44H,4,7-8,11,18,20,22H2,1-2H3,(H,45,46). The molecule has 2 saturated heterocycles. The number of unbranched alkanes of at least 4 members (excludes halogenated alkanes) is 2. The quantitative estimate of drug-likeness (QED) is 0.142. The molecule has 1 saturated carbocycles. The van der Waals surface area contributed by atoms with Crippen molar-refractivity contribution < 1.29 is 34.2 Å². The number of nitrogens with zero attached hydrogens (tertiary/aromatic N) is 2. The number of nitrogens with one attached hydrogen (secondary N) is 1. The van der Waals surface area contributed by atoms with E-state index in [0.717, 1.165) is 21.7 Å². The number of hydrazine groups is 1. The van der Waals surface area contributed by atoms with Crippen LogP contribution in [0.3, 0.4) is 0 Å². The number of hydrogen-bond acceptors (Lipinski definition) is 7. The number of rotatable bonds is 10. The van der Waals surface area contributed by atoms with Crippen LogP contribution < -0.4 is 5.43 Å². The number of imide groups is 2. The lowest BCUT2D eigenvalue weighted by Gasteiger charge is -2.50. The monoisotopic (exact) mass is 675 g/mol. The molecular formula is C40H41N3O7. The largest absolute Gasteiger partial charge is 0.508 e. The molecule has 2 aliphatic carbocycles. The number of aryl methyl sites for hydroxylation is 2. The minimum absolute atomic E-state index is 0.0354. The van der Waals surface area contributed by atoms with Crippen molar-refractivity contribution >= 4 is 35.3 Å². The summed E-state index contributed by atoms with van der Waals surface area (Å²) in [5, 5.41) is 20.7. The van der Waals surface area contributed by atoms with Crippen LogP contribution in [0.4, 0.5) is 5.69 Å². The van der Waals surface area contributed by atoms with E-state index in [1.165, 1.54) is 4.90 Å². The van der Waals surface area contributed by atoms with E-state index in [1.54, 1.807) is 19.1 Å². The summed E-state index contributed by atoms with van der Waals surface area (Å²) in [4.78, 5) is 70.1. The predicted octanol–water partition coefficient (Wildman–Crippen LogP) is 5.64. The summed E-state index contributed by atoms with van der Waals surface area (Å²) in [7, 11) is 0. The number of benzene rings is 3. The van der Waals surface area contributed by atoms with Crippen molar-refractivity contribution in [2.45, 2.75) is 63.7 Å². The fourth-order valence-electron chi connectivity index (χ4n) is 8.99. The molecule has 3 aromatic carbocycles. The maximum atomic E-state index is 15.2. The summed E-state index contributed by atoms with van der Waals surface area (Å²) in [6.45, 7) is 3.96. The van der Waals surface area contributed by atoms with Gasteiger partial charge in [-0.2, -0.15) is 5.01 Å². The van der Waals surface area contributed by atoms with Gasteiger partial charge in [-0.15, -0.1) is 0 Å². The van der Waals surface area contributed by atoms with Crippen LogP contribution in [0.2, 0.25) is 0 Å². The molecule has 0 radical (unpaired) electrons. The molecule has 3 aromatic rings. The first-order valence-electron chi connectivity index (χ1n) is 17.4. The van der Waals surface area contributed by atoms with Crippen LogP contribution in [0.25, 0.3) is 0 Å². The second-order valence-electron chi connectivity index (χ2n) is 14.2. The van der Waals surface area contributed by atoms with Gasteiger partial charge in [-0.05, 0) is 80.3 Å². The van der Waals surface area contributed by atoms with E-state index < -0.39 is 52.8 Å². The van der Waals surface area contributed by atoms with Gasteiger partial charge in [0.15, 0.2) is 0 Å². The third kappa shape index (κ3) is 5.28. The summed E-state index contributed by atoms with van der Waals surface area (Å²) in [6.07, 6.45) is 4.15. The van der Waals surface area contributed by atoms with E-state index >= 15 is 4.79 Å². The van der Waals surface area contributed by atoms with E-state index in [2.05, 4.69) is 5.43 Å². The Bertz CT molecular complexity index is 1910. The molecule has 7 rings (SSSR count). The number of carbonyl (C=O) groups excluding carboxylic acids is 4. The molecule has 6 unspecified atom stereocenters. The number of carboxylic acids is 1. The van der Waals surface area contributed by atoms with E-state index in [4.69, 9.17) is 5.11 Å². The highest BCUT2D eigenvalue weighted by atomic mass is 16.4. The van der Waals surface area contributed by atoms with E-state index in [-0.39, 0.29) is 37.0 Å². The molecule has 3 fully saturated rings. The molecule has 2 heterocycles. The highest BCUT2D eigenvalue weighted by Crippen LogP contribution is 2.64. The first-order valence-corrected chi connectivity index (χ1v) is 17.4. The van der Waals surface area contributed by atoms with Gasteiger partial charge in [0.1, 0.15) is 5.75 Å². The van der Waals surface area contributed by atoms with Gasteiger partial charge in [0.2, 0.25) is 11.8 Å². The smallest absolute Gasteiger partial charge is 0.303 e. The molecule has 4 aliphatic rings. The van der Waals surface area contributed by atoms with Crippen molar-refractivity contribution in [3.8, 4) is 5.75 Å². The van der Waals surface area contributed by atoms with E-state index in [9.17, 15) is 24.3 Å². The number of hydrogen-bond donors (Lipinski definition) is 3. The fraction of sp³-hybridized carbons (Fsp3) is 0.375. The molecule has 258 valence electrons. The first-order chi connectivity index (χ1) is 24.0. The Balaban J connectivity index is 1.33. The van der Waals surface area contributed by atoms with Gasteiger partial charge in [-0.25, -0.2) is 0 Å². The second-order valence-corrected chi connectivity index (χ2v) is 14.2. The van der Waals surface area contributed by atoms with Crippen LogP contribution in [0.1, 0.15) is 66.7 Å². The first kappa shape index (κ1) is 33.3. The maximum Gasteiger partial charge on any atom is 0.303 e. The molecule has 0 spiro atoms. The summed E-state index contributed by atoms with van der Waals surface area (Å²) in [6, 6.07) is 22.1. The third-order valence-corrected chi connectivity index (χ3v) is 11.3. The van der Waals surface area contributed by atoms with Crippen molar-refractivity contribution in [1.82, 2.24) is 9.91 Å². The Morgan fingerprint density at radius 3 is 2.32 bits per heavy atom. The van der Waals surface area contributed by atoms with Gasteiger partial charge in [0.25, 0.3) is 11.8 Å². The predicted molar refractivity (Wildman–Crippen MR) is 184 cm³/mol. The van der Waals surface area contributed by atoms with Crippen molar-refractivity contribution in [1.29, 1.82) is 0 Å². The third-order valence-electron chi connectivity index (χ3n) is 11.3. The van der Waals surface area contributed by atoms with Gasteiger partial charge in [-0.1, -0.05) is 78.2 Å². The number of fused-ring (bicyclic) bond motifs is 4. The van der Waals surface area contributed by atoms with Crippen LogP contribution in [0.5, 0.6) is 5.75 Å². The summed E-state index contributed by atoms with van der Waals surface area (Å²) >= 11 is 0. The number of allylic oxidation sites excluding steroid dienone is 2. The summed E-state index contributed by atoms with van der Waals surface area (Å²) < 4.78 is 0. The topological polar surface area (TPSA) is 144 Å². The molecule has 50 heavy (non-hydrogen) atoms. The van der Waals surface area contributed by atoms with Crippen LogP contribution in [-0.4, -0.2) is 56.3 Å². The highest BCUT2D eigenvalue weighted by Gasteiger charge is 2.70. The molecule has 6 atom stereocenters. The summed E-state index contributed by atoms with van der Waals surface area (Å²) in [5.41, 5.74) is 6.26. The number of carboxylic acid groups (broad SMARTS) is 1. The lowest BCUT2D eigenvalue weighted by molar-refractivity contribution is -0.141. The van der Waals surface area contributed by atoms with Crippen molar-refractivity contribution in [3.63, 3.8) is 0 Å². The highest BCUT2D eigenvalue weighted by molar-refractivity contribution is 6.13. The lowest BCUT2D eigenvalue weighted by Crippen LogP contribution is -2.53. The molecule has 10 nitrogen and oxygen atoms in total. The normalized spacial score (nSPS) is 27.2. The number of phenolic OH excluding ortho intramolecular Hbond substituents is 1. The average Bonchev–Trinajstić information content (AvgIpc) is 3.47. The molecule has 0 aromatic heterocycles. The van der Waals surface area contributed by atoms with Gasteiger partial charge >= 0.3 is 5.97 Å². The fourth-order valence-corrected chi connectivity index (χ4v) is 8.99. The lowest BCUT2D eigenvalue weighted by atomic mass is 9.49. The molecular weight excluding hydrogens is 634 g/mol. The minimum Gasteiger partial charge on any atom is -0.508 e. The number of carbonyl (C=O) groups is 5. The Morgan fingerprint density at radius 1 is 0.880 bits per heavy atom. The molecule has 10 heteroatoms. The zero-order valence-electron chi connectivity index (χ0n) is 28.2.